The fourth-order valence-electron chi connectivity index (χ4n) is 2.86. The summed E-state index contributed by atoms with van der Waals surface area (Å²) in [7, 11) is 0. The van der Waals surface area contributed by atoms with Gasteiger partial charge >= 0.3 is 0 Å². The van der Waals surface area contributed by atoms with Gasteiger partial charge in [0.15, 0.2) is 0 Å². The van der Waals surface area contributed by atoms with E-state index in [1.807, 2.05) is 26.0 Å². The average Bonchev–Trinajstić information content (AvgIpc) is 3.17. The third kappa shape index (κ3) is 2.68. The molecule has 6 nitrogen and oxygen atoms in total. The van der Waals surface area contributed by atoms with Crippen molar-refractivity contribution in [1.82, 2.24) is 20.1 Å². The predicted molar refractivity (Wildman–Crippen MR) is 83.0 cm³/mol. The summed E-state index contributed by atoms with van der Waals surface area (Å²) in [5.41, 5.74) is 1.80. The highest BCUT2D eigenvalue weighted by atomic mass is 16.2. The minimum Gasteiger partial charge on any atom is -0.338 e. The van der Waals surface area contributed by atoms with Crippen LogP contribution in [0.3, 0.4) is 0 Å². The fraction of sp³-hybridized carbons (Fsp3) is 0.438. The molecule has 1 unspecified atom stereocenters. The molecular formula is C16H20N4O2. The van der Waals surface area contributed by atoms with Crippen molar-refractivity contribution in [3.05, 3.63) is 51.7 Å². The Kier molecular flexibility index (Phi) is 3.83. The molecule has 2 N–H and O–H groups in total. The maximum Gasteiger partial charge on any atom is 0.261 e. The monoisotopic (exact) mass is 300 g/mol. The Hall–Kier alpha value is -2.37. The van der Waals surface area contributed by atoms with E-state index in [-0.39, 0.29) is 28.9 Å². The van der Waals surface area contributed by atoms with E-state index in [9.17, 15) is 9.59 Å². The summed E-state index contributed by atoms with van der Waals surface area (Å²) in [5, 5.41) is 6.91. The molecule has 1 aliphatic heterocycles. The van der Waals surface area contributed by atoms with Gasteiger partial charge in [-0.1, -0.05) is 13.8 Å². The molecule has 1 atom stereocenters. The summed E-state index contributed by atoms with van der Waals surface area (Å²) in [6.45, 7) is 5.28. The summed E-state index contributed by atoms with van der Waals surface area (Å²) in [6, 6.07) is 5.39. The van der Waals surface area contributed by atoms with E-state index < -0.39 is 0 Å². The number of nitrogens with one attached hydrogen (secondary N) is 2. The van der Waals surface area contributed by atoms with Crippen molar-refractivity contribution in [2.45, 2.75) is 32.1 Å². The summed E-state index contributed by atoms with van der Waals surface area (Å²) < 4.78 is 0. The van der Waals surface area contributed by atoms with Gasteiger partial charge in [0.05, 0.1) is 0 Å². The molecule has 116 valence electrons. The molecule has 0 aromatic carbocycles. The Bertz CT molecular complexity index is 718. The molecule has 2 aromatic rings. The van der Waals surface area contributed by atoms with Gasteiger partial charge in [0.2, 0.25) is 0 Å². The number of hydrogen-bond acceptors (Lipinski definition) is 3. The van der Waals surface area contributed by atoms with Gasteiger partial charge in [0, 0.05) is 36.6 Å². The molecule has 0 aliphatic carbocycles. The van der Waals surface area contributed by atoms with Crippen LogP contribution < -0.4 is 5.56 Å². The summed E-state index contributed by atoms with van der Waals surface area (Å²) in [6.07, 6.45) is 2.60. The molecular weight excluding hydrogens is 280 g/mol. The number of rotatable bonds is 3. The Morgan fingerprint density at radius 2 is 2.18 bits per heavy atom. The maximum absolute atomic E-state index is 12.5. The molecule has 6 heteroatoms. The van der Waals surface area contributed by atoms with Crippen LogP contribution in [0.4, 0.5) is 0 Å². The van der Waals surface area contributed by atoms with Crippen molar-refractivity contribution >= 4 is 5.91 Å². The summed E-state index contributed by atoms with van der Waals surface area (Å²) in [5.74, 6) is 0.299. The predicted octanol–water partition coefficient (Wildman–Crippen LogP) is 1.85. The third-order valence-electron chi connectivity index (χ3n) is 4.22. The SMILES string of the molecule is CC(C)c1ccc(C(=O)N2CCC(c3ccn[nH]3)C2)c(=O)[nH]1. The van der Waals surface area contributed by atoms with Crippen LogP contribution in [0.2, 0.25) is 0 Å². The van der Waals surface area contributed by atoms with Crippen molar-refractivity contribution in [2.75, 3.05) is 13.1 Å². The van der Waals surface area contributed by atoms with E-state index >= 15 is 0 Å². The molecule has 0 spiro atoms. The first-order valence-electron chi connectivity index (χ1n) is 7.58. The van der Waals surface area contributed by atoms with E-state index in [1.165, 1.54) is 0 Å². The minimum atomic E-state index is -0.304. The van der Waals surface area contributed by atoms with E-state index in [0.717, 1.165) is 17.8 Å². The summed E-state index contributed by atoms with van der Waals surface area (Å²) >= 11 is 0. The molecule has 3 rings (SSSR count). The van der Waals surface area contributed by atoms with E-state index in [2.05, 4.69) is 15.2 Å². The van der Waals surface area contributed by atoms with Gasteiger partial charge in [-0.05, 0) is 30.5 Å². The molecule has 1 saturated heterocycles. The maximum atomic E-state index is 12.5. The number of pyridine rings is 1. The van der Waals surface area contributed by atoms with Crippen molar-refractivity contribution in [3.8, 4) is 0 Å². The van der Waals surface area contributed by atoms with Gasteiger partial charge in [-0.3, -0.25) is 14.7 Å². The second-order valence-electron chi connectivity index (χ2n) is 6.06. The van der Waals surface area contributed by atoms with Gasteiger partial charge < -0.3 is 9.88 Å². The molecule has 3 heterocycles. The molecule has 1 aliphatic rings. The topological polar surface area (TPSA) is 81.8 Å². The fourth-order valence-corrected chi connectivity index (χ4v) is 2.86. The number of carbonyl (C=O) groups excluding carboxylic acids is 1. The number of nitrogens with zero attached hydrogens (tertiary/aromatic N) is 2. The van der Waals surface area contributed by atoms with Crippen molar-refractivity contribution in [3.63, 3.8) is 0 Å². The number of hydrogen-bond donors (Lipinski definition) is 2. The molecule has 22 heavy (non-hydrogen) atoms. The highest BCUT2D eigenvalue weighted by molar-refractivity contribution is 5.94. The van der Waals surface area contributed by atoms with Gasteiger partial charge in [0.25, 0.3) is 11.5 Å². The number of carbonyl (C=O) groups is 1. The Labute approximate surface area is 128 Å². The largest absolute Gasteiger partial charge is 0.338 e. The van der Waals surface area contributed by atoms with Crippen LogP contribution in [-0.2, 0) is 0 Å². The smallest absolute Gasteiger partial charge is 0.261 e. The molecule has 0 bridgehead atoms. The van der Waals surface area contributed by atoms with Crippen LogP contribution in [-0.4, -0.2) is 39.1 Å². The summed E-state index contributed by atoms with van der Waals surface area (Å²) in [4.78, 5) is 29.2. The molecule has 0 radical (unpaired) electrons. The van der Waals surface area contributed by atoms with E-state index in [0.29, 0.717) is 13.1 Å². The van der Waals surface area contributed by atoms with Crippen LogP contribution in [0.15, 0.2) is 29.2 Å². The number of H-pyrrole nitrogens is 2. The van der Waals surface area contributed by atoms with Gasteiger partial charge in [-0.15, -0.1) is 0 Å². The van der Waals surface area contributed by atoms with Crippen LogP contribution in [0.1, 0.15) is 53.8 Å². The highest BCUT2D eigenvalue weighted by Gasteiger charge is 2.29. The normalized spacial score (nSPS) is 18.1. The second kappa shape index (κ2) is 5.79. The zero-order chi connectivity index (χ0) is 15.7. The lowest BCUT2D eigenvalue weighted by Gasteiger charge is -2.16. The van der Waals surface area contributed by atoms with Gasteiger partial charge in [-0.25, -0.2) is 0 Å². The quantitative estimate of drug-likeness (QED) is 0.907. The zero-order valence-electron chi connectivity index (χ0n) is 12.8. The first-order valence-corrected chi connectivity index (χ1v) is 7.58. The zero-order valence-corrected chi connectivity index (χ0v) is 12.8. The van der Waals surface area contributed by atoms with Crippen molar-refractivity contribution in [1.29, 1.82) is 0 Å². The number of likely N-dealkylation sites (tertiary alicyclic amines) is 1. The van der Waals surface area contributed by atoms with Gasteiger partial charge in [-0.2, -0.15) is 5.10 Å². The Morgan fingerprint density at radius 1 is 1.36 bits per heavy atom. The lowest BCUT2D eigenvalue weighted by molar-refractivity contribution is 0.0789. The standard InChI is InChI=1S/C16H20N4O2/c1-10(2)13-4-3-12(15(21)18-13)16(22)20-8-6-11(9-20)14-5-7-17-19-14/h3-5,7,10-11H,6,8-9H2,1-2H3,(H,17,19)(H,18,21). The van der Waals surface area contributed by atoms with E-state index in [1.54, 1.807) is 17.2 Å². The molecule has 2 aromatic heterocycles. The van der Waals surface area contributed by atoms with Crippen molar-refractivity contribution < 1.29 is 4.79 Å². The van der Waals surface area contributed by atoms with Gasteiger partial charge in [0.1, 0.15) is 5.56 Å². The Morgan fingerprint density at radius 3 is 2.82 bits per heavy atom. The lowest BCUT2D eigenvalue weighted by atomic mass is 10.1. The molecule has 0 saturated carbocycles. The van der Waals surface area contributed by atoms with E-state index in [4.69, 9.17) is 0 Å². The Balaban J connectivity index is 1.76. The first kappa shape index (κ1) is 14.6. The molecule has 1 fully saturated rings. The van der Waals surface area contributed by atoms with Crippen LogP contribution >= 0.6 is 0 Å². The second-order valence-corrected chi connectivity index (χ2v) is 6.06. The highest BCUT2D eigenvalue weighted by Crippen LogP contribution is 2.26. The average molecular weight is 300 g/mol. The lowest BCUT2D eigenvalue weighted by Crippen LogP contribution is -2.33. The number of aromatic nitrogens is 3. The third-order valence-corrected chi connectivity index (χ3v) is 4.22. The number of amides is 1. The minimum absolute atomic E-state index is 0.196. The molecule has 1 amide bonds. The number of aromatic amines is 2. The van der Waals surface area contributed by atoms with Crippen LogP contribution in [0.25, 0.3) is 0 Å². The van der Waals surface area contributed by atoms with Crippen molar-refractivity contribution in [2.24, 2.45) is 0 Å². The van der Waals surface area contributed by atoms with Crippen LogP contribution in [0.5, 0.6) is 0 Å². The van der Waals surface area contributed by atoms with Crippen LogP contribution in [0, 0.1) is 0 Å². The first-order chi connectivity index (χ1) is 10.6.